The van der Waals surface area contributed by atoms with Gasteiger partial charge in [0.1, 0.15) is 23.3 Å². The van der Waals surface area contributed by atoms with Gasteiger partial charge in [-0.05, 0) is 20.0 Å². The summed E-state index contributed by atoms with van der Waals surface area (Å²) >= 11 is 0. The van der Waals surface area contributed by atoms with Crippen LogP contribution in [-0.2, 0) is 19.6 Å². The van der Waals surface area contributed by atoms with E-state index >= 15 is 0 Å². The van der Waals surface area contributed by atoms with Crippen LogP contribution in [0.3, 0.4) is 0 Å². The summed E-state index contributed by atoms with van der Waals surface area (Å²) < 4.78 is 8.17. The molecule has 2 aromatic heterocycles. The van der Waals surface area contributed by atoms with Gasteiger partial charge < -0.3 is 8.98 Å². The van der Waals surface area contributed by atoms with E-state index in [9.17, 15) is 0 Å². The summed E-state index contributed by atoms with van der Waals surface area (Å²) in [6, 6.07) is 14.5. The van der Waals surface area contributed by atoms with Crippen molar-refractivity contribution >= 4 is 21.9 Å². The van der Waals surface area contributed by atoms with E-state index in [1.165, 1.54) is 16.3 Å². The average Bonchev–Trinajstić information content (AvgIpc) is 3.19. The van der Waals surface area contributed by atoms with Crippen molar-refractivity contribution in [1.29, 1.82) is 0 Å². The molecule has 0 radical (unpaired) electrons. The second-order valence-electron chi connectivity index (χ2n) is 6.10. The van der Waals surface area contributed by atoms with Crippen molar-refractivity contribution in [1.82, 2.24) is 19.7 Å². The molecular weight excluding hydrogens is 300 g/mol. The van der Waals surface area contributed by atoms with Crippen molar-refractivity contribution in [3.8, 4) is 0 Å². The second-order valence-corrected chi connectivity index (χ2v) is 6.10. The van der Waals surface area contributed by atoms with Crippen LogP contribution >= 0.6 is 0 Å². The van der Waals surface area contributed by atoms with Crippen molar-refractivity contribution in [3.63, 3.8) is 0 Å². The first-order chi connectivity index (χ1) is 11.8. The van der Waals surface area contributed by atoms with Crippen molar-refractivity contribution < 1.29 is 4.42 Å². The number of hydrogen-bond acceptors (Lipinski definition) is 4. The number of para-hydroxylation sites is 2. The molecule has 122 valence electrons. The number of rotatable bonds is 5. The Hall–Kier alpha value is -2.66. The zero-order valence-electron chi connectivity index (χ0n) is 13.9. The third-order valence-corrected chi connectivity index (χ3v) is 4.37. The summed E-state index contributed by atoms with van der Waals surface area (Å²) in [5.74, 6) is 0.983. The van der Waals surface area contributed by atoms with Crippen LogP contribution in [0.1, 0.15) is 18.3 Å². The van der Waals surface area contributed by atoms with Gasteiger partial charge in [-0.1, -0.05) is 36.4 Å². The molecule has 0 atom stereocenters. The molecule has 4 rings (SSSR count). The van der Waals surface area contributed by atoms with Gasteiger partial charge in [-0.2, -0.15) is 0 Å². The standard InChI is InChI=1S/C19H20N4O/c1-3-23-13-20-21-18(23)12-22(2)11-14-7-6-9-16-15-8-4-5-10-17(15)24-19(14)16/h4-10,13H,3,11-12H2,1-2H3. The van der Waals surface area contributed by atoms with Gasteiger partial charge in [0.05, 0.1) is 6.54 Å². The van der Waals surface area contributed by atoms with Gasteiger partial charge in [0.25, 0.3) is 0 Å². The predicted molar refractivity (Wildman–Crippen MR) is 94.6 cm³/mol. The molecule has 0 fully saturated rings. The molecule has 0 bridgehead atoms. The van der Waals surface area contributed by atoms with Gasteiger partial charge in [-0.25, -0.2) is 0 Å². The highest BCUT2D eigenvalue weighted by Gasteiger charge is 2.13. The minimum atomic E-state index is 0.754. The lowest BCUT2D eigenvalue weighted by molar-refractivity contribution is 0.305. The molecular formula is C19H20N4O. The monoisotopic (exact) mass is 320 g/mol. The number of hydrogen-bond donors (Lipinski definition) is 0. The largest absolute Gasteiger partial charge is 0.456 e. The van der Waals surface area contributed by atoms with Gasteiger partial charge in [0, 0.05) is 29.4 Å². The zero-order valence-corrected chi connectivity index (χ0v) is 13.9. The Morgan fingerprint density at radius 2 is 1.88 bits per heavy atom. The normalized spacial score (nSPS) is 11.8. The van der Waals surface area contributed by atoms with Gasteiger partial charge >= 0.3 is 0 Å². The summed E-state index contributed by atoms with van der Waals surface area (Å²) in [5, 5.41) is 10.6. The van der Waals surface area contributed by atoms with Crippen molar-refractivity contribution in [2.24, 2.45) is 0 Å². The van der Waals surface area contributed by atoms with E-state index in [1.807, 2.05) is 18.2 Å². The van der Waals surface area contributed by atoms with E-state index in [0.29, 0.717) is 0 Å². The fourth-order valence-electron chi connectivity index (χ4n) is 3.18. The Bertz CT molecular complexity index is 985. The Labute approximate surface area is 140 Å². The highest BCUT2D eigenvalue weighted by Crippen LogP contribution is 2.31. The van der Waals surface area contributed by atoms with Crippen LogP contribution < -0.4 is 0 Å². The predicted octanol–water partition coefficient (Wildman–Crippen LogP) is 3.83. The number of benzene rings is 2. The molecule has 5 heteroatoms. The fourth-order valence-corrected chi connectivity index (χ4v) is 3.18. The van der Waals surface area contributed by atoms with Crippen molar-refractivity contribution in [3.05, 3.63) is 60.2 Å². The lowest BCUT2D eigenvalue weighted by Gasteiger charge is -2.16. The highest BCUT2D eigenvalue weighted by molar-refractivity contribution is 6.05. The lowest BCUT2D eigenvalue weighted by Crippen LogP contribution is -2.20. The number of aryl methyl sites for hydroxylation is 1. The number of furan rings is 1. The first kappa shape index (κ1) is 14.9. The zero-order chi connectivity index (χ0) is 16.5. The molecule has 0 spiro atoms. The maximum Gasteiger partial charge on any atom is 0.146 e. The van der Waals surface area contributed by atoms with Crippen LogP contribution in [0, 0.1) is 0 Å². The van der Waals surface area contributed by atoms with E-state index in [-0.39, 0.29) is 0 Å². The molecule has 0 unspecified atom stereocenters. The van der Waals surface area contributed by atoms with Gasteiger partial charge in [0.15, 0.2) is 0 Å². The maximum atomic E-state index is 6.10. The third kappa shape index (κ3) is 2.57. The Morgan fingerprint density at radius 1 is 1.04 bits per heavy atom. The van der Waals surface area contributed by atoms with Crippen LogP contribution in [0.2, 0.25) is 0 Å². The molecule has 2 heterocycles. The second kappa shape index (κ2) is 6.09. The maximum absolute atomic E-state index is 6.10. The van der Waals surface area contributed by atoms with E-state index in [2.05, 4.69) is 57.9 Å². The molecule has 0 saturated carbocycles. The number of fused-ring (bicyclic) bond motifs is 3. The van der Waals surface area contributed by atoms with E-state index in [0.717, 1.165) is 36.6 Å². The molecule has 0 amide bonds. The smallest absolute Gasteiger partial charge is 0.146 e. The van der Waals surface area contributed by atoms with Crippen molar-refractivity contribution in [2.45, 2.75) is 26.6 Å². The summed E-state index contributed by atoms with van der Waals surface area (Å²) in [6.45, 7) is 4.54. The Balaban J connectivity index is 1.64. The third-order valence-electron chi connectivity index (χ3n) is 4.37. The van der Waals surface area contributed by atoms with E-state index < -0.39 is 0 Å². The summed E-state index contributed by atoms with van der Waals surface area (Å²) in [5.41, 5.74) is 3.10. The minimum Gasteiger partial charge on any atom is -0.456 e. The van der Waals surface area contributed by atoms with Gasteiger partial charge in [-0.3, -0.25) is 4.90 Å². The van der Waals surface area contributed by atoms with Crippen LogP contribution in [0.5, 0.6) is 0 Å². The summed E-state index contributed by atoms with van der Waals surface area (Å²) in [6.07, 6.45) is 1.78. The number of aromatic nitrogens is 3. The lowest BCUT2D eigenvalue weighted by atomic mass is 10.1. The molecule has 0 saturated heterocycles. The van der Waals surface area contributed by atoms with Gasteiger partial charge in [0.2, 0.25) is 0 Å². The molecule has 5 nitrogen and oxygen atoms in total. The summed E-state index contributed by atoms with van der Waals surface area (Å²) in [7, 11) is 2.09. The van der Waals surface area contributed by atoms with Gasteiger partial charge in [-0.15, -0.1) is 10.2 Å². The van der Waals surface area contributed by atoms with E-state index in [1.54, 1.807) is 6.33 Å². The minimum absolute atomic E-state index is 0.754. The summed E-state index contributed by atoms with van der Waals surface area (Å²) in [4.78, 5) is 2.23. The van der Waals surface area contributed by atoms with Crippen LogP contribution in [0.4, 0.5) is 0 Å². The SMILES string of the molecule is CCn1cnnc1CN(C)Cc1cccc2c1oc1ccccc12. The van der Waals surface area contributed by atoms with E-state index in [4.69, 9.17) is 4.42 Å². The fraction of sp³-hybridized carbons (Fsp3) is 0.263. The molecule has 0 aliphatic carbocycles. The number of nitrogens with zero attached hydrogens (tertiary/aromatic N) is 4. The first-order valence-corrected chi connectivity index (χ1v) is 8.20. The Kier molecular flexibility index (Phi) is 3.78. The van der Waals surface area contributed by atoms with Crippen molar-refractivity contribution in [2.75, 3.05) is 7.05 Å². The molecule has 4 aromatic rings. The molecule has 2 aromatic carbocycles. The molecule has 0 aliphatic heterocycles. The molecule has 0 N–H and O–H groups in total. The quantitative estimate of drug-likeness (QED) is 0.561. The molecule has 0 aliphatic rings. The highest BCUT2D eigenvalue weighted by atomic mass is 16.3. The average molecular weight is 320 g/mol. The van der Waals surface area contributed by atoms with Crippen LogP contribution in [0.15, 0.2) is 53.2 Å². The topological polar surface area (TPSA) is 47.1 Å². The first-order valence-electron chi connectivity index (χ1n) is 8.20. The van der Waals surface area contributed by atoms with Crippen LogP contribution in [-0.4, -0.2) is 26.7 Å². The molecule has 24 heavy (non-hydrogen) atoms. The van der Waals surface area contributed by atoms with Crippen LogP contribution in [0.25, 0.3) is 21.9 Å². The Morgan fingerprint density at radius 3 is 2.75 bits per heavy atom.